The number of amides is 2. The summed E-state index contributed by atoms with van der Waals surface area (Å²) in [6, 6.07) is 10.4. The van der Waals surface area contributed by atoms with E-state index in [1.165, 1.54) is 41.3 Å². The quantitative estimate of drug-likeness (QED) is 0.735. The number of carbonyl (C=O) groups excluding carboxylic acids is 1. The molecule has 29 heavy (non-hydrogen) atoms. The predicted molar refractivity (Wildman–Crippen MR) is 105 cm³/mol. The Balaban J connectivity index is 1.40. The molecule has 1 atom stereocenters. The van der Waals surface area contributed by atoms with Crippen molar-refractivity contribution >= 4 is 17.5 Å². The van der Waals surface area contributed by atoms with Crippen LogP contribution in [0.5, 0.6) is 0 Å². The Morgan fingerprint density at radius 1 is 1.17 bits per heavy atom. The van der Waals surface area contributed by atoms with Crippen molar-refractivity contribution in [2.75, 3.05) is 29.9 Å². The second-order valence-corrected chi connectivity index (χ2v) is 6.85. The largest absolute Gasteiger partial charge is 0.368 e. The van der Waals surface area contributed by atoms with Gasteiger partial charge < -0.3 is 9.80 Å². The van der Waals surface area contributed by atoms with Crippen LogP contribution >= 0.6 is 0 Å². The van der Waals surface area contributed by atoms with Gasteiger partial charge in [0, 0.05) is 49.8 Å². The molecular formula is C20H20F2N6O. The molecule has 0 spiro atoms. The molecule has 3 aromatic rings. The number of urea groups is 1. The van der Waals surface area contributed by atoms with Crippen molar-refractivity contribution < 1.29 is 13.6 Å². The van der Waals surface area contributed by atoms with E-state index >= 15 is 0 Å². The van der Waals surface area contributed by atoms with Crippen molar-refractivity contribution in [2.45, 2.75) is 13.0 Å². The molecule has 2 amide bonds. The lowest BCUT2D eigenvalue weighted by molar-refractivity contribution is 0.184. The lowest BCUT2D eigenvalue weighted by Gasteiger charge is -2.40. The molecule has 1 unspecified atom stereocenters. The van der Waals surface area contributed by atoms with Gasteiger partial charge >= 0.3 is 6.03 Å². The first-order valence-electron chi connectivity index (χ1n) is 9.26. The van der Waals surface area contributed by atoms with Crippen LogP contribution in [0, 0.1) is 11.6 Å². The van der Waals surface area contributed by atoms with Gasteiger partial charge in [0.25, 0.3) is 0 Å². The third-order valence-corrected chi connectivity index (χ3v) is 4.84. The van der Waals surface area contributed by atoms with E-state index in [0.29, 0.717) is 25.5 Å². The van der Waals surface area contributed by atoms with Crippen LogP contribution in [-0.4, -0.2) is 51.4 Å². The maximum absolute atomic E-state index is 13.8. The summed E-state index contributed by atoms with van der Waals surface area (Å²) in [5, 5.41) is 6.92. The van der Waals surface area contributed by atoms with Gasteiger partial charge in [-0.2, -0.15) is 0 Å². The third-order valence-electron chi connectivity index (χ3n) is 4.84. The molecule has 0 radical (unpaired) electrons. The molecule has 1 aromatic carbocycles. The van der Waals surface area contributed by atoms with Gasteiger partial charge in [0.2, 0.25) is 0 Å². The summed E-state index contributed by atoms with van der Waals surface area (Å²) in [5.41, 5.74) is 0.799. The summed E-state index contributed by atoms with van der Waals surface area (Å²) in [5.74, 6) is -0.421. The van der Waals surface area contributed by atoms with Crippen LogP contribution in [0.3, 0.4) is 0 Å². The Hall–Kier alpha value is -3.49. The molecule has 2 aromatic heterocycles. The zero-order valence-electron chi connectivity index (χ0n) is 15.8. The molecule has 150 valence electrons. The molecule has 9 heteroatoms. The van der Waals surface area contributed by atoms with E-state index in [4.69, 9.17) is 0 Å². The number of nitrogens with zero attached hydrogens (tertiary/aromatic N) is 5. The number of nitrogens with one attached hydrogen (secondary N) is 1. The number of hydrogen-bond acceptors (Lipinski definition) is 4. The molecule has 1 N–H and O–H groups in total. The van der Waals surface area contributed by atoms with Crippen LogP contribution < -0.4 is 10.2 Å². The molecular weight excluding hydrogens is 378 g/mol. The summed E-state index contributed by atoms with van der Waals surface area (Å²) < 4.78 is 28.6. The number of halogens is 2. The Kier molecular flexibility index (Phi) is 5.11. The highest BCUT2D eigenvalue weighted by Gasteiger charge is 2.28. The first-order valence-corrected chi connectivity index (χ1v) is 9.26. The fourth-order valence-corrected chi connectivity index (χ4v) is 3.40. The van der Waals surface area contributed by atoms with E-state index in [9.17, 15) is 13.6 Å². The van der Waals surface area contributed by atoms with Crippen LogP contribution in [-0.2, 0) is 0 Å². The van der Waals surface area contributed by atoms with Crippen molar-refractivity contribution in [1.29, 1.82) is 0 Å². The molecule has 0 aliphatic carbocycles. The summed E-state index contributed by atoms with van der Waals surface area (Å²) in [7, 11) is 0. The maximum Gasteiger partial charge on any atom is 0.323 e. The molecule has 1 aliphatic rings. The second-order valence-electron chi connectivity index (χ2n) is 6.85. The molecule has 4 rings (SSSR count). The SMILES string of the molecule is CC1CN(c2cccc(F)c2)CCN1C(=O)Nc1ccn(-c2ncccc2F)n1. The summed E-state index contributed by atoms with van der Waals surface area (Å²) >= 11 is 0. The zero-order chi connectivity index (χ0) is 20.4. The average molecular weight is 398 g/mol. The maximum atomic E-state index is 13.8. The Morgan fingerprint density at radius 2 is 2.03 bits per heavy atom. The molecule has 0 saturated carbocycles. The van der Waals surface area contributed by atoms with Crippen molar-refractivity contribution in [3.05, 3.63) is 66.5 Å². The van der Waals surface area contributed by atoms with Gasteiger partial charge in [0.15, 0.2) is 17.5 Å². The number of benzene rings is 1. The van der Waals surface area contributed by atoms with Gasteiger partial charge in [-0.25, -0.2) is 23.2 Å². The Morgan fingerprint density at radius 3 is 2.79 bits per heavy atom. The minimum atomic E-state index is -0.504. The van der Waals surface area contributed by atoms with E-state index in [0.717, 1.165) is 5.69 Å². The first kappa shape index (κ1) is 18.9. The van der Waals surface area contributed by atoms with Crippen molar-refractivity contribution in [2.24, 2.45) is 0 Å². The second kappa shape index (κ2) is 7.86. The summed E-state index contributed by atoms with van der Waals surface area (Å²) in [6.07, 6.45) is 3.00. The molecule has 0 bridgehead atoms. The number of anilines is 2. The van der Waals surface area contributed by atoms with Crippen LogP contribution in [0.2, 0.25) is 0 Å². The van der Waals surface area contributed by atoms with Crippen LogP contribution in [0.4, 0.5) is 25.1 Å². The van der Waals surface area contributed by atoms with Crippen LogP contribution in [0.15, 0.2) is 54.9 Å². The van der Waals surface area contributed by atoms with Gasteiger partial charge in [-0.15, -0.1) is 5.10 Å². The monoisotopic (exact) mass is 398 g/mol. The highest BCUT2D eigenvalue weighted by Crippen LogP contribution is 2.21. The number of aromatic nitrogens is 3. The lowest BCUT2D eigenvalue weighted by atomic mass is 10.1. The van der Waals surface area contributed by atoms with Crippen LogP contribution in [0.25, 0.3) is 5.82 Å². The topological polar surface area (TPSA) is 66.3 Å². The Labute approximate surface area is 166 Å². The van der Waals surface area contributed by atoms with Gasteiger partial charge in [0.05, 0.1) is 0 Å². The fourth-order valence-electron chi connectivity index (χ4n) is 3.40. The van der Waals surface area contributed by atoms with Gasteiger partial charge in [0.1, 0.15) is 5.82 Å². The number of hydrogen-bond donors (Lipinski definition) is 1. The predicted octanol–water partition coefficient (Wildman–Crippen LogP) is 3.29. The van der Waals surface area contributed by atoms with Crippen molar-refractivity contribution in [3.63, 3.8) is 0 Å². The van der Waals surface area contributed by atoms with Crippen molar-refractivity contribution in [3.8, 4) is 5.82 Å². The minimum Gasteiger partial charge on any atom is -0.368 e. The number of carbonyl (C=O) groups is 1. The normalized spacial score (nSPS) is 16.7. The number of rotatable bonds is 3. The third kappa shape index (κ3) is 4.03. The summed E-state index contributed by atoms with van der Waals surface area (Å²) in [6.45, 7) is 3.60. The number of pyridine rings is 1. The Bertz CT molecular complexity index is 1020. The van der Waals surface area contributed by atoms with Gasteiger partial charge in [-0.3, -0.25) is 5.32 Å². The van der Waals surface area contributed by atoms with Gasteiger partial charge in [-0.1, -0.05) is 6.07 Å². The standard InChI is InChI=1S/C20H20F2N6O/c1-14-13-26(16-5-2-4-15(21)12-16)10-11-27(14)20(29)24-18-7-9-28(25-18)19-17(22)6-3-8-23-19/h2-9,12,14H,10-11,13H2,1H3,(H,24,25,29). The smallest absolute Gasteiger partial charge is 0.323 e. The summed E-state index contributed by atoms with van der Waals surface area (Å²) in [4.78, 5) is 20.4. The van der Waals surface area contributed by atoms with E-state index in [1.54, 1.807) is 17.0 Å². The van der Waals surface area contributed by atoms with E-state index in [2.05, 4.69) is 20.3 Å². The highest BCUT2D eigenvalue weighted by atomic mass is 19.1. The molecule has 7 nitrogen and oxygen atoms in total. The fraction of sp³-hybridized carbons (Fsp3) is 0.250. The number of piperazine rings is 1. The first-order chi connectivity index (χ1) is 14.0. The lowest BCUT2D eigenvalue weighted by Crippen LogP contribution is -2.55. The van der Waals surface area contributed by atoms with E-state index in [-0.39, 0.29) is 23.7 Å². The highest BCUT2D eigenvalue weighted by molar-refractivity contribution is 5.88. The molecule has 3 heterocycles. The average Bonchev–Trinajstić information content (AvgIpc) is 3.16. The van der Waals surface area contributed by atoms with Gasteiger partial charge in [-0.05, 0) is 37.3 Å². The minimum absolute atomic E-state index is 0.0603. The van der Waals surface area contributed by atoms with Crippen molar-refractivity contribution in [1.82, 2.24) is 19.7 Å². The zero-order valence-corrected chi connectivity index (χ0v) is 15.8. The molecule has 1 fully saturated rings. The molecule has 1 aliphatic heterocycles. The van der Waals surface area contributed by atoms with E-state index < -0.39 is 5.82 Å². The van der Waals surface area contributed by atoms with E-state index in [1.807, 2.05) is 13.0 Å². The van der Waals surface area contributed by atoms with Crippen LogP contribution in [0.1, 0.15) is 6.92 Å². The molecule has 1 saturated heterocycles.